The molecular formula is C21H30ClN3O2. The molecule has 0 spiro atoms. The molecule has 3 aliphatic rings. The highest BCUT2D eigenvalue weighted by atomic mass is 35.5. The summed E-state index contributed by atoms with van der Waals surface area (Å²) in [6.45, 7) is 2.02. The average Bonchev–Trinajstić information content (AvgIpc) is 3.40. The molecule has 148 valence electrons. The molecule has 1 saturated carbocycles. The number of anilines is 1. The fourth-order valence-electron chi connectivity index (χ4n) is 4.43. The van der Waals surface area contributed by atoms with Crippen molar-refractivity contribution in [1.82, 2.24) is 10.6 Å². The summed E-state index contributed by atoms with van der Waals surface area (Å²) in [5, 5.41) is 9.71. The van der Waals surface area contributed by atoms with Gasteiger partial charge < -0.3 is 16.0 Å². The Bertz CT molecular complexity index is 663. The van der Waals surface area contributed by atoms with Crippen molar-refractivity contribution in [1.29, 1.82) is 0 Å². The van der Waals surface area contributed by atoms with Gasteiger partial charge in [-0.1, -0.05) is 12.1 Å². The lowest BCUT2D eigenvalue weighted by molar-refractivity contribution is -0.123. The molecule has 0 radical (unpaired) electrons. The third-order valence-electron chi connectivity index (χ3n) is 6.05. The minimum Gasteiger partial charge on any atom is -0.350 e. The summed E-state index contributed by atoms with van der Waals surface area (Å²) in [5.41, 5.74) is 1.89. The molecule has 4 rings (SSSR count). The average molecular weight is 392 g/mol. The normalized spacial score (nSPS) is 27.4. The molecule has 2 aliphatic heterocycles. The number of nitrogens with one attached hydrogen (secondary N) is 3. The molecule has 2 bridgehead atoms. The number of piperidine rings is 1. The van der Waals surface area contributed by atoms with Crippen molar-refractivity contribution in [2.24, 2.45) is 11.8 Å². The fraction of sp³-hybridized carbons (Fsp3) is 0.619. The second-order valence-corrected chi connectivity index (χ2v) is 8.35. The van der Waals surface area contributed by atoms with Gasteiger partial charge in [-0.2, -0.15) is 0 Å². The van der Waals surface area contributed by atoms with E-state index < -0.39 is 0 Å². The van der Waals surface area contributed by atoms with Crippen LogP contribution in [0, 0.1) is 11.8 Å². The van der Waals surface area contributed by atoms with Gasteiger partial charge in [0, 0.05) is 30.1 Å². The summed E-state index contributed by atoms with van der Waals surface area (Å²) in [6, 6.07) is 9.04. The van der Waals surface area contributed by atoms with Crippen LogP contribution in [0.3, 0.4) is 0 Å². The quantitative estimate of drug-likeness (QED) is 0.694. The molecule has 2 amide bonds. The van der Waals surface area contributed by atoms with Gasteiger partial charge in [0.05, 0.1) is 6.04 Å². The first-order valence-corrected chi connectivity index (χ1v) is 10.0. The van der Waals surface area contributed by atoms with Crippen LogP contribution in [0.4, 0.5) is 5.69 Å². The minimum atomic E-state index is -0.0193. The maximum Gasteiger partial charge on any atom is 0.227 e. The molecule has 3 N–H and O–H groups in total. The van der Waals surface area contributed by atoms with E-state index in [4.69, 9.17) is 0 Å². The third-order valence-corrected chi connectivity index (χ3v) is 6.05. The van der Waals surface area contributed by atoms with E-state index in [9.17, 15) is 9.59 Å². The number of carbonyl (C=O) groups is 2. The first kappa shape index (κ1) is 20.2. The minimum absolute atomic E-state index is 0. The van der Waals surface area contributed by atoms with Crippen LogP contribution in [0.15, 0.2) is 24.3 Å². The van der Waals surface area contributed by atoms with Gasteiger partial charge in [-0.05, 0) is 69.1 Å². The predicted octanol–water partition coefficient (Wildman–Crippen LogP) is 3.55. The smallest absolute Gasteiger partial charge is 0.227 e. The van der Waals surface area contributed by atoms with Crippen LogP contribution in [0.1, 0.15) is 63.5 Å². The molecule has 0 aromatic heterocycles. The number of amides is 2. The maximum atomic E-state index is 12.4. The number of fused-ring (bicyclic) bond motifs is 2. The zero-order valence-electron chi connectivity index (χ0n) is 15.9. The van der Waals surface area contributed by atoms with E-state index in [1.54, 1.807) is 0 Å². The summed E-state index contributed by atoms with van der Waals surface area (Å²) in [5.74, 6) is 0.990. The van der Waals surface area contributed by atoms with Crippen LogP contribution < -0.4 is 16.0 Å². The van der Waals surface area contributed by atoms with Crippen LogP contribution >= 0.6 is 12.4 Å². The summed E-state index contributed by atoms with van der Waals surface area (Å²) in [6.07, 6.45) is 7.44. The van der Waals surface area contributed by atoms with Gasteiger partial charge in [-0.25, -0.2) is 0 Å². The van der Waals surface area contributed by atoms with Crippen molar-refractivity contribution in [3.05, 3.63) is 29.8 Å². The molecule has 3 fully saturated rings. The molecule has 5 nitrogen and oxygen atoms in total. The summed E-state index contributed by atoms with van der Waals surface area (Å²) >= 11 is 0. The van der Waals surface area contributed by atoms with Gasteiger partial charge in [-0.3, -0.25) is 9.59 Å². The third kappa shape index (κ3) is 5.23. The van der Waals surface area contributed by atoms with Crippen molar-refractivity contribution in [2.45, 2.75) is 70.0 Å². The molecule has 2 heterocycles. The van der Waals surface area contributed by atoms with Crippen molar-refractivity contribution < 1.29 is 9.59 Å². The zero-order chi connectivity index (χ0) is 18.1. The Morgan fingerprint density at radius 2 is 1.70 bits per heavy atom. The SMILES string of the molecule is CC(NC(=O)CC1CC2CCC(C1)N2)c1ccc(NC(=O)C2CC2)cc1.Cl. The van der Waals surface area contributed by atoms with Crippen LogP contribution in [-0.4, -0.2) is 23.9 Å². The van der Waals surface area contributed by atoms with Crippen molar-refractivity contribution in [3.63, 3.8) is 0 Å². The number of hydrogen-bond donors (Lipinski definition) is 3. The number of carbonyl (C=O) groups excluding carboxylic acids is 2. The van der Waals surface area contributed by atoms with Crippen molar-refractivity contribution in [2.75, 3.05) is 5.32 Å². The van der Waals surface area contributed by atoms with Gasteiger partial charge in [0.15, 0.2) is 0 Å². The number of rotatable bonds is 6. The van der Waals surface area contributed by atoms with Gasteiger partial charge >= 0.3 is 0 Å². The van der Waals surface area contributed by atoms with Gasteiger partial charge in [0.25, 0.3) is 0 Å². The highest BCUT2D eigenvalue weighted by Crippen LogP contribution is 2.33. The van der Waals surface area contributed by atoms with E-state index in [1.165, 1.54) is 12.8 Å². The van der Waals surface area contributed by atoms with Gasteiger partial charge in [-0.15, -0.1) is 12.4 Å². The maximum absolute atomic E-state index is 12.4. The molecule has 2 saturated heterocycles. The topological polar surface area (TPSA) is 70.2 Å². The van der Waals surface area contributed by atoms with E-state index in [2.05, 4.69) is 16.0 Å². The first-order valence-electron chi connectivity index (χ1n) is 10.0. The summed E-state index contributed by atoms with van der Waals surface area (Å²) in [4.78, 5) is 24.2. The lowest BCUT2D eigenvalue weighted by Crippen LogP contribution is -2.40. The van der Waals surface area contributed by atoms with Gasteiger partial charge in [0.2, 0.25) is 11.8 Å². The standard InChI is InChI=1S/C21H29N3O2.ClH/c1-13(15-4-6-17(7-5-15)24-21(26)16-2-3-16)22-20(25)12-14-10-18-8-9-19(11-14)23-18;/h4-7,13-14,16,18-19,23H,2-3,8-12H2,1H3,(H,22,25)(H,24,26);1H. The van der Waals surface area contributed by atoms with E-state index in [-0.39, 0.29) is 36.2 Å². The Morgan fingerprint density at radius 1 is 1.07 bits per heavy atom. The Kier molecular flexibility index (Phi) is 6.43. The van der Waals surface area contributed by atoms with Crippen LogP contribution in [-0.2, 0) is 9.59 Å². The molecule has 3 atom stereocenters. The molecule has 1 aliphatic carbocycles. The molecule has 27 heavy (non-hydrogen) atoms. The fourth-order valence-corrected chi connectivity index (χ4v) is 4.43. The molecule has 1 aromatic rings. The second kappa shape index (κ2) is 8.61. The Labute approximate surface area is 167 Å². The lowest BCUT2D eigenvalue weighted by Gasteiger charge is -2.29. The van der Waals surface area contributed by atoms with E-state index in [0.717, 1.165) is 36.9 Å². The Balaban J connectivity index is 0.00000210. The highest BCUT2D eigenvalue weighted by Gasteiger charge is 2.34. The summed E-state index contributed by atoms with van der Waals surface area (Å²) < 4.78 is 0. The highest BCUT2D eigenvalue weighted by molar-refractivity contribution is 5.94. The number of halogens is 1. The largest absolute Gasteiger partial charge is 0.350 e. The number of hydrogen-bond acceptors (Lipinski definition) is 3. The van der Waals surface area contributed by atoms with Crippen molar-refractivity contribution in [3.8, 4) is 0 Å². The lowest BCUT2D eigenvalue weighted by atomic mass is 9.89. The molecule has 6 heteroatoms. The van der Waals surface area contributed by atoms with Gasteiger partial charge in [0.1, 0.15) is 0 Å². The van der Waals surface area contributed by atoms with E-state index in [1.807, 2.05) is 31.2 Å². The monoisotopic (exact) mass is 391 g/mol. The molecule has 1 aromatic carbocycles. The predicted molar refractivity (Wildman–Crippen MR) is 109 cm³/mol. The molecule has 3 unspecified atom stereocenters. The van der Waals surface area contributed by atoms with Crippen molar-refractivity contribution >= 4 is 29.9 Å². The van der Waals surface area contributed by atoms with E-state index >= 15 is 0 Å². The zero-order valence-corrected chi connectivity index (χ0v) is 16.7. The number of benzene rings is 1. The van der Waals surface area contributed by atoms with Crippen LogP contribution in [0.5, 0.6) is 0 Å². The summed E-state index contributed by atoms with van der Waals surface area (Å²) in [7, 11) is 0. The Morgan fingerprint density at radius 3 is 2.30 bits per heavy atom. The van der Waals surface area contributed by atoms with E-state index in [0.29, 0.717) is 24.4 Å². The first-order chi connectivity index (χ1) is 12.6. The van der Waals surface area contributed by atoms with Crippen LogP contribution in [0.25, 0.3) is 0 Å². The Hall–Kier alpha value is -1.59. The molecular weight excluding hydrogens is 362 g/mol. The van der Waals surface area contributed by atoms with Crippen LogP contribution in [0.2, 0.25) is 0 Å². The second-order valence-electron chi connectivity index (χ2n) is 8.35.